The fourth-order valence-electron chi connectivity index (χ4n) is 3.84. The van der Waals surface area contributed by atoms with Crippen molar-refractivity contribution in [2.24, 2.45) is 0 Å². The van der Waals surface area contributed by atoms with Gasteiger partial charge in [0.2, 0.25) is 0 Å². The fourth-order valence-corrected chi connectivity index (χ4v) is 3.84. The summed E-state index contributed by atoms with van der Waals surface area (Å²) in [6.07, 6.45) is -2.05. The van der Waals surface area contributed by atoms with Crippen LogP contribution >= 0.6 is 0 Å². The average molecular weight is 362 g/mol. The standard InChI is InChI=1S/C20H26O6/c1-22-11-15-17(23-2)19(24-3)20(25-4)18(26-15)16-13-8-6-5-7-12(13)9-10-14(16)21/h5-10,15,17-21H,11H2,1-4H3/t15-,17-,18+,19+,20+/m1/s1. The van der Waals surface area contributed by atoms with Gasteiger partial charge in [0, 0.05) is 34.0 Å². The minimum absolute atomic E-state index is 0.164. The van der Waals surface area contributed by atoms with Crippen LogP contribution in [0, 0.1) is 0 Å². The van der Waals surface area contributed by atoms with Gasteiger partial charge < -0.3 is 28.8 Å². The maximum atomic E-state index is 10.6. The number of ether oxygens (including phenoxy) is 5. The van der Waals surface area contributed by atoms with E-state index in [4.69, 9.17) is 23.7 Å². The number of phenolic OH excluding ortho intramolecular Hbond substituents is 1. The summed E-state index contributed by atoms with van der Waals surface area (Å²) in [6.45, 7) is 0.344. The Morgan fingerprint density at radius 1 is 0.885 bits per heavy atom. The maximum Gasteiger partial charge on any atom is 0.122 e. The maximum absolute atomic E-state index is 10.6. The van der Waals surface area contributed by atoms with E-state index >= 15 is 0 Å². The second-order valence-corrected chi connectivity index (χ2v) is 6.37. The summed E-state index contributed by atoms with van der Waals surface area (Å²) >= 11 is 0. The molecule has 2 aromatic carbocycles. The third kappa shape index (κ3) is 3.31. The molecular weight excluding hydrogens is 336 g/mol. The van der Waals surface area contributed by atoms with E-state index in [0.717, 1.165) is 10.8 Å². The first-order valence-electron chi connectivity index (χ1n) is 8.59. The Bertz CT molecular complexity index is 733. The topological polar surface area (TPSA) is 66.4 Å². The molecule has 1 aliphatic rings. The predicted octanol–water partition coefficient (Wildman–Crippen LogP) is 2.68. The largest absolute Gasteiger partial charge is 0.508 e. The lowest BCUT2D eigenvalue weighted by Gasteiger charge is -2.45. The Labute approximate surface area is 153 Å². The molecule has 2 aromatic rings. The van der Waals surface area contributed by atoms with Gasteiger partial charge in [-0.05, 0) is 16.8 Å². The monoisotopic (exact) mass is 362 g/mol. The van der Waals surface area contributed by atoms with Crippen LogP contribution in [0.4, 0.5) is 0 Å². The molecule has 1 fully saturated rings. The minimum Gasteiger partial charge on any atom is -0.508 e. The van der Waals surface area contributed by atoms with Gasteiger partial charge in [0.15, 0.2) is 0 Å². The van der Waals surface area contributed by atoms with E-state index in [1.165, 1.54) is 0 Å². The van der Waals surface area contributed by atoms with E-state index in [1.807, 2.05) is 30.3 Å². The van der Waals surface area contributed by atoms with Crippen molar-refractivity contribution < 1.29 is 28.8 Å². The molecule has 0 unspecified atom stereocenters. The molecule has 0 saturated carbocycles. The average Bonchev–Trinajstić information content (AvgIpc) is 2.67. The zero-order valence-corrected chi connectivity index (χ0v) is 15.5. The lowest BCUT2D eigenvalue weighted by Crippen LogP contribution is -2.57. The first-order chi connectivity index (χ1) is 12.7. The molecule has 6 nitrogen and oxygen atoms in total. The smallest absolute Gasteiger partial charge is 0.122 e. The molecule has 3 rings (SSSR count). The Hall–Kier alpha value is -1.70. The van der Waals surface area contributed by atoms with Crippen molar-refractivity contribution in [2.75, 3.05) is 35.0 Å². The van der Waals surface area contributed by atoms with Crippen LogP contribution in [0.3, 0.4) is 0 Å². The van der Waals surface area contributed by atoms with Crippen LogP contribution < -0.4 is 0 Å². The van der Waals surface area contributed by atoms with E-state index in [2.05, 4.69) is 0 Å². The molecule has 26 heavy (non-hydrogen) atoms. The van der Waals surface area contributed by atoms with Crippen molar-refractivity contribution in [3.8, 4) is 5.75 Å². The highest BCUT2D eigenvalue weighted by molar-refractivity contribution is 5.88. The summed E-state index contributed by atoms with van der Waals surface area (Å²) in [5.74, 6) is 0.164. The number of hydrogen-bond donors (Lipinski definition) is 1. The van der Waals surface area contributed by atoms with Gasteiger partial charge in [-0.25, -0.2) is 0 Å². The molecule has 5 atom stereocenters. The summed E-state index contributed by atoms with van der Waals surface area (Å²) in [6, 6.07) is 11.4. The van der Waals surface area contributed by atoms with Crippen LogP contribution in [0.25, 0.3) is 10.8 Å². The van der Waals surface area contributed by atoms with Crippen molar-refractivity contribution in [1.29, 1.82) is 0 Å². The molecule has 0 amide bonds. The van der Waals surface area contributed by atoms with E-state index in [1.54, 1.807) is 34.5 Å². The number of fused-ring (bicyclic) bond motifs is 1. The number of methoxy groups -OCH3 is 4. The van der Waals surface area contributed by atoms with Crippen LogP contribution in [-0.4, -0.2) is 64.6 Å². The minimum atomic E-state index is -0.525. The summed E-state index contributed by atoms with van der Waals surface area (Å²) in [5.41, 5.74) is 0.688. The van der Waals surface area contributed by atoms with E-state index in [-0.39, 0.29) is 24.1 Å². The van der Waals surface area contributed by atoms with E-state index < -0.39 is 12.2 Å². The van der Waals surface area contributed by atoms with Gasteiger partial charge in [0.05, 0.1) is 6.61 Å². The van der Waals surface area contributed by atoms with Gasteiger partial charge in [0.25, 0.3) is 0 Å². The van der Waals surface area contributed by atoms with Crippen molar-refractivity contribution in [1.82, 2.24) is 0 Å². The van der Waals surface area contributed by atoms with Crippen LogP contribution in [0.1, 0.15) is 11.7 Å². The molecule has 1 aliphatic heterocycles. The number of aromatic hydroxyl groups is 1. The van der Waals surface area contributed by atoms with Crippen molar-refractivity contribution in [3.63, 3.8) is 0 Å². The van der Waals surface area contributed by atoms with Gasteiger partial charge in [-0.1, -0.05) is 30.3 Å². The van der Waals surface area contributed by atoms with E-state index in [9.17, 15) is 5.11 Å². The van der Waals surface area contributed by atoms with Gasteiger partial charge in [0.1, 0.15) is 36.3 Å². The number of hydrogen-bond acceptors (Lipinski definition) is 6. The van der Waals surface area contributed by atoms with Gasteiger partial charge >= 0.3 is 0 Å². The van der Waals surface area contributed by atoms with Crippen LogP contribution in [0.15, 0.2) is 36.4 Å². The number of phenols is 1. The highest BCUT2D eigenvalue weighted by Gasteiger charge is 2.48. The molecule has 6 heteroatoms. The number of rotatable bonds is 6. The Kier molecular flexibility index (Phi) is 6.11. The Balaban J connectivity index is 2.12. The molecule has 142 valence electrons. The van der Waals surface area contributed by atoms with E-state index in [0.29, 0.717) is 12.2 Å². The third-order valence-corrected chi connectivity index (χ3v) is 5.01. The quantitative estimate of drug-likeness (QED) is 0.852. The lowest BCUT2D eigenvalue weighted by atomic mass is 9.88. The first kappa shape index (κ1) is 19.1. The molecular formula is C20H26O6. The molecule has 1 saturated heterocycles. The first-order valence-corrected chi connectivity index (χ1v) is 8.59. The summed E-state index contributed by atoms with van der Waals surface area (Å²) in [4.78, 5) is 0. The Morgan fingerprint density at radius 2 is 1.58 bits per heavy atom. The van der Waals surface area contributed by atoms with Gasteiger partial charge in [-0.3, -0.25) is 0 Å². The zero-order chi connectivity index (χ0) is 18.7. The molecule has 0 spiro atoms. The van der Waals surface area contributed by atoms with Crippen molar-refractivity contribution in [2.45, 2.75) is 30.5 Å². The second kappa shape index (κ2) is 8.33. The van der Waals surface area contributed by atoms with Gasteiger partial charge in [-0.15, -0.1) is 0 Å². The molecule has 0 aromatic heterocycles. The fraction of sp³-hybridized carbons (Fsp3) is 0.500. The highest BCUT2D eigenvalue weighted by Crippen LogP contribution is 2.42. The molecule has 1 heterocycles. The molecule has 0 aliphatic carbocycles. The lowest BCUT2D eigenvalue weighted by molar-refractivity contribution is -0.252. The summed E-state index contributed by atoms with van der Waals surface area (Å²) in [7, 11) is 6.46. The summed E-state index contributed by atoms with van der Waals surface area (Å²) in [5, 5.41) is 12.6. The Morgan fingerprint density at radius 3 is 2.23 bits per heavy atom. The highest BCUT2D eigenvalue weighted by atomic mass is 16.6. The summed E-state index contributed by atoms with van der Waals surface area (Å²) < 4.78 is 28.7. The SMILES string of the molecule is COC[C@H]1O[C@@H](c2c(O)ccc3ccccc23)[C@H](OC)[C@@H](OC)[C@@H]1OC. The normalized spacial score (nSPS) is 29.2. The van der Waals surface area contributed by atoms with Crippen molar-refractivity contribution in [3.05, 3.63) is 42.0 Å². The zero-order valence-electron chi connectivity index (χ0n) is 15.5. The van der Waals surface area contributed by atoms with Crippen LogP contribution in [0.2, 0.25) is 0 Å². The van der Waals surface area contributed by atoms with Gasteiger partial charge in [-0.2, -0.15) is 0 Å². The van der Waals surface area contributed by atoms with Crippen LogP contribution in [0.5, 0.6) is 5.75 Å². The molecule has 0 bridgehead atoms. The molecule has 0 radical (unpaired) electrons. The number of benzene rings is 2. The van der Waals surface area contributed by atoms with Crippen molar-refractivity contribution >= 4 is 10.8 Å². The molecule has 1 N–H and O–H groups in total. The van der Waals surface area contributed by atoms with Crippen LogP contribution in [-0.2, 0) is 23.7 Å². The second-order valence-electron chi connectivity index (χ2n) is 6.37. The predicted molar refractivity (Wildman–Crippen MR) is 97.5 cm³/mol. The third-order valence-electron chi connectivity index (χ3n) is 5.01.